The molecule has 0 spiro atoms. The molecule has 2 aliphatic rings. The summed E-state index contributed by atoms with van der Waals surface area (Å²) < 4.78 is 4.92. The van der Waals surface area contributed by atoms with Gasteiger partial charge in [-0.25, -0.2) is 0 Å². The summed E-state index contributed by atoms with van der Waals surface area (Å²) in [6, 6.07) is 0. The Bertz CT molecular complexity index is 247. The van der Waals surface area contributed by atoms with E-state index in [9.17, 15) is 4.79 Å². The van der Waals surface area contributed by atoms with E-state index < -0.39 is 0 Å². The molecule has 17 heavy (non-hydrogen) atoms. The van der Waals surface area contributed by atoms with Crippen LogP contribution >= 0.6 is 12.4 Å². The van der Waals surface area contributed by atoms with Crippen LogP contribution in [-0.4, -0.2) is 39.3 Å². The Morgan fingerprint density at radius 2 is 2.06 bits per heavy atom. The molecule has 0 aliphatic heterocycles. The van der Waals surface area contributed by atoms with E-state index in [1.165, 1.54) is 12.8 Å². The van der Waals surface area contributed by atoms with Crippen molar-refractivity contribution >= 4 is 18.3 Å². The summed E-state index contributed by atoms with van der Waals surface area (Å²) >= 11 is 0. The normalized spacial score (nSPS) is 26.2. The number of hydrogen-bond acceptors (Lipinski definition) is 3. The molecular formula is C12H23ClN2O2. The summed E-state index contributed by atoms with van der Waals surface area (Å²) in [6.07, 6.45) is 3.84. The highest BCUT2D eigenvalue weighted by Gasteiger charge is 2.50. The number of methoxy groups -OCH3 is 1. The molecule has 2 aliphatic carbocycles. The first-order valence-electron chi connectivity index (χ1n) is 6.30. The minimum atomic E-state index is 0. The van der Waals surface area contributed by atoms with Crippen molar-refractivity contribution in [3.63, 3.8) is 0 Å². The quantitative estimate of drug-likeness (QED) is 0.637. The van der Waals surface area contributed by atoms with E-state index in [1.54, 1.807) is 7.11 Å². The maximum atomic E-state index is 11.7. The van der Waals surface area contributed by atoms with E-state index in [-0.39, 0.29) is 18.3 Å². The van der Waals surface area contributed by atoms with Gasteiger partial charge >= 0.3 is 0 Å². The molecule has 0 radical (unpaired) electrons. The van der Waals surface area contributed by atoms with E-state index in [0.717, 1.165) is 44.5 Å². The summed E-state index contributed by atoms with van der Waals surface area (Å²) in [4.78, 5) is 11.7. The lowest BCUT2D eigenvalue weighted by Gasteiger charge is -2.06. The van der Waals surface area contributed by atoms with Crippen molar-refractivity contribution in [2.24, 2.45) is 17.8 Å². The van der Waals surface area contributed by atoms with Crippen molar-refractivity contribution in [3.8, 4) is 0 Å². The van der Waals surface area contributed by atoms with Crippen LogP contribution in [0, 0.1) is 17.8 Å². The summed E-state index contributed by atoms with van der Waals surface area (Å²) in [5, 5.41) is 6.20. The van der Waals surface area contributed by atoms with E-state index in [4.69, 9.17) is 4.74 Å². The molecule has 2 N–H and O–H groups in total. The van der Waals surface area contributed by atoms with Crippen LogP contribution < -0.4 is 10.6 Å². The average molecular weight is 263 g/mol. The number of ether oxygens (including phenoxy) is 1. The molecule has 2 saturated carbocycles. The Kier molecular flexibility index (Phi) is 6.23. The topological polar surface area (TPSA) is 50.4 Å². The van der Waals surface area contributed by atoms with Gasteiger partial charge in [0.05, 0.1) is 6.61 Å². The highest BCUT2D eigenvalue weighted by molar-refractivity contribution is 5.85. The zero-order chi connectivity index (χ0) is 11.4. The van der Waals surface area contributed by atoms with Crippen LogP contribution in [0.25, 0.3) is 0 Å². The lowest BCUT2D eigenvalue weighted by atomic mass is 10.2. The first-order chi connectivity index (χ1) is 7.83. The highest BCUT2D eigenvalue weighted by Crippen LogP contribution is 2.54. The summed E-state index contributed by atoms with van der Waals surface area (Å²) in [6.45, 7) is 3.13. The second-order valence-corrected chi connectivity index (χ2v) is 4.88. The fraction of sp³-hybridized carbons (Fsp3) is 0.917. The molecule has 4 nitrogen and oxygen atoms in total. The third kappa shape index (κ3) is 4.82. The second-order valence-electron chi connectivity index (χ2n) is 4.88. The minimum absolute atomic E-state index is 0. The largest absolute Gasteiger partial charge is 0.383 e. The van der Waals surface area contributed by atoms with Gasteiger partial charge in [0.1, 0.15) is 0 Å². The van der Waals surface area contributed by atoms with Gasteiger partial charge in [-0.15, -0.1) is 12.4 Å². The lowest BCUT2D eigenvalue weighted by Crippen LogP contribution is -2.34. The fourth-order valence-electron chi connectivity index (χ4n) is 2.27. The summed E-state index contributed by atoms with van der Waals surface area (Å²) in [5.41, 5.74) is 0. The number of carbonyl (C=O) groups is 1. The minimum Gasteiger partial charge on any atom is -0.383 e. The monoisotopic (exact) mass is 262 g/mol. The van der Waals surface area contributed by atoms with Crippen LogP contribution in [-0.2, 0) is 9.53 Å². The van der Waals surface area contributed by atoms with Gasteiger partial charge in [0.2, 0.25) is 5.91 Å². The van der Waals surface area contributed by atoms with E-state index in [2.05, 4.69) is 10.6 Å². The molecule has 0 saturated heterocycles. The lowest BCUT2D eigenvalue weighted by molar-refractivity contribution is -0.122. The zero-order valence-electron chi connectivity index (χ0n) is 10.4. The maximum Gasteiger partial charge on any atom is 0.223 e. The predicted molar refractivity (Wildman–Crippen MR) is 69.3 cm³/mol. The SMILES string of the molecule is COCCNCCNC(=O)C1CC1C1CC1.Cl. The van der Waals surface area contributed by atoms with Crippen molar-refractivity contribution in [2.45, 2.75) is 19.3 Å². The maximum absolute atomic E-state index is 11.7. The molecular weight excluding hydrogens is 240 g/mol. The van der Waals surface area contributed by atoms with Crippen molar-refractivity contribution < 1.29 is 9.53 Å². The van der Waals surface area contributed by atoms with Crippen molar-refractivity contribution in [2.75, 3.05) is 33.4 Å². The Morgan fingerprint density at radius 1 is 1.29 bits per heavy atom. The second kappa shape index (κ2) is 7.19. The Morgan fingerprint density at radius 3 is 2.71 bits per heavy atom. The molecule has 0 aromatic heterocycles. The highest BCUT2D eigenvalue weighted by atomic mass is 35.5. The number of rotatable bonds is 8. The summed E-state index contributed by atoms with van der Waals surface area (Å²) in [7, 11) is 1.69. The van der Waals surface area contributed by atoms with Gasteiger partial charge in [-0.3, -0.25) is 4.79 Å². The standard InChI is InChI=1S/C12H22N2O2.ClH/c1-16-7-6-13-4-5-14-12(15)11-8-10(11)9-2-3-9;/h9-11,13H,2-8H2,1H3,(H,14,15);1H. The van der Waals surface area contributed by atoms with E-state index in [1.807, 2.05) is 0 Å². The number of nitrogens with one attached hydrogen (secondary N) is 2. The van der Waals surface area contributed by atoms with Crippen LogP contribution in [0.2, 0.25) is 0 Å². The summed E-state index contributed by atoms with van der Waals surface area (Å²) in [5.74, 6) is 2.22. The number of hydrogen-bond donors (Lipinski definition) is 2. The van der Waals surface area contributed by atoms with Crippen LogP contribution in [0.15, 0.2) is 0 Å². The van der Waals surface area contributed by atoms with Gasteiger partial charge in [0.25, 0.3) is 0 Å². The molecule has 0 bridgehead atoms. The molecule has 0 heterocycles. The van der Waals surface area contributed by atoms with Crippen LogP contribution in [0.4, 0.5) is 0 Å². The Hall–Kier alpha value is -0.320. The predicted octanol–water partition coefficient (Wildman–Crippen LogP) is 0.806. The Balaban J connectivity index is 0.00000144. The van der Waals surface area contributed by atoms with Gasteiger partial charge in [-0.05, 0) is 31.1 Å². The van der Waals surface area contributed by atoms with Gasteiger partial charge in [0.15, 0.2) is 0 Å². The molecule has 0 aromatic rings. The number of halogens is 1. The number of amides is 1. The fourth-order valence-corrected chi connectivity index (χ4v) is 2.27. The van der Waals surface area contributed by atoms with Crippen LogP contribution in [0.1, 0.15) is 19.3 Å². The third-order valence-corrected chi connectivity index (χ3v) is 3.49. The van der Waals surface area contributed by atoms with Gasteiger partial charge < -0.3 is 15.4 Å². The van der Waals surface area contributed by atoms with Crippen molar-refractivity contribution in [3.05, 3.63) is 0 Å². The van der Waals surface area contributed by atoms with Crippen molar-refractivity contribution in [1.82, 2.24) is 10.6 Å². The van der Waals surface area contributed by atoms with Gasteiger partial charge in [-0.1, -0.05) is 0 Å². The zero-order valence-corrected chi connectivity index (χ0v) is 11.2. The molecule has 2 fully saturated rings. The first-order valence-corrected chi connectivity index (χ1v) is 6.30. The molecule has 2 unspecified atom stereocenters. The van der Waals surface area contributed by atoms with Crippen LogP contribution in [0.5, 0.6) is 0 Å². The molecule has 1 amide bonds. The molecule has 100 valence electrons. The molecule has 2 atom stereocenters. The van der Waals surface area contributed by atoms with E-state index in [0.29, 0.717) is 5.92 Å². The molecule has 5 heteroatoms. The van der Waals surface area contributed by atoms with Gasteiger partial charge in [0, 0.05) is 32.7 Å². The van der Waals surface area contributed by atoms with Gasteiger partial charge in [-0.2, -0.15) is 0 Å². The molecule has 0 aromatic carbocycles. The molecule has 2 rings (SSSR count). The smallest absolute Gasteiger partial charge is 0.223 e. The Labute approximate surface area is 109 Å². The first kappa shape index (κ1) is 14.7. The number of carbonyl (C=O) groups excluding carboxylic acids is 1. The third-order valence-electron chi connectivity index (χ3n) is 3.49. The van der Waals surface area contributed by atoms with Crippen molar-refractivity contribution in [1.29, 1.82) is 0 Å². The van der Waals surface area contributed by atoms with E-state index >= 15 is 0 Å². The average Bonchev–Trinajstić information content (AvgIpc) is 3.15. The van der Waals surface area contributed by atoms with Crippen LogP contribution in [0.3, 0.4) is 0 Å².